The number of nitrogens with zero attached hydrogens (tertiary/aromatic N) is 2. The second-order valence-electron chi connectivity index (χ2n) is 4.43. The Hall–Kier alpha value is -1.83. The monoisotopic (exact) mass is 291 g/mol. The molecule has 1 saturated heterocycles. The van der Waals surface area contributed by atoms with Gasteiger partial charge in [0, 0.05) is 18.0 Å². The first-order valence-corrected chi connectivity index (χ1v) is 7.14. The molecular formula is C13H13N3O3S. The number of rotatable bonds is 3. The van der Waals surface area contributed by atoms with E-state index in [0.717, 1.165) is 11.6 Å². The quantitative estimate of drug-likeness (QED) is 0.694. The maximum absolute atomic E-state index is 11.1. The Kier molecular flexibility index (Phi) is 3.72. The standard InChI is InChI=1S/C13H13N3O3S/c17-16(18)12-4-2-1-3-9(12)11-8-20-13(15-11)10-7-19-6-5-14-10/h1-4,8,10,14H,5-7H2. The van der Waals surface area contributed by atoms with Crippen molar-refractivity contribution in [3.8, 4) is 11.3 Å². The molecule has 7 heteroatoms. The summed E-state index contributed by atoms with van der Waals surface area (Å²) in [6.07, 6.45) is 0. The zero-order valence-corrected chi connectivity index (χ0v) is 11.4. The van der Waals surface area contributed by atoms with Crippen LogP contribution in [0.2, 0.25) is 0 Å². The number of nitrogens with one attached hydrogen (secondary N) is 1. The molecule has 6 nitrogen and oxygen atoms in total. The number of nitro groups is 1. The third-order valence-corrected chi connectivity index (χ3v) is 4.08. The van der Waals surface area contributed by atoms with E-state index in [1.54, 1.807) is 18.2 Å². The van der Waals surface area contributed by atoms with E-state index in [2.05, 4.69) is 10.3 Å². The number of nitro benzene ring substituents is 1. The van der Waals surface area contributed by atoms with Crippen molar-refractivity contribution in [1.82, 2.24) is 10.3 Å². The largest absolute Gasteiger partial charge is 0.378 e. The molecule has 0 spiro atoms. The van der Waals surface area contributed by atoms with Gasteiger partial charge in [0.2, 0.25) is 0 Å². The molecule has 1 aliphatic heterocycles. The molecular weight excluding hydrogens is 278 g/mol. The van der Waals surface area contributed by atoms with Gasteiger partial charge in [0.15, 0.2) is 0 Å². The van der Waals surface area contributed by atoms with Crippen molar-refractivity contribution in [3.63, 3.8) is 0 Å². The molecule has 0 radical (unpaired) electrons. The average molecular weight is 291 g/mol. The van der Waals surface area contributed by atoms with Crippen molar-refractivity contribution in [3.05, 3.63) is 44.8 Å². The molecule has 1 aromatic heterocycles. The predicted molar refractivity (Wildman–Crippen MR) is 75.8 cm³/mol. The van der Waals surface area contributed by atoms with Gasteiger partial charge in [-0.15, -0.1) is 11.3 Å². The van der Waals surface area contributed by atoms with Crippen molar-refractivity contribution in [2.45, 2.75) is 6.04 Å². The second-order valence-corrected chi connectivity index (χ2v) is 5.32. The van der Waals surface area contributed by atoms with Crippen LogP contribution in [0.1, 0.15) is 11.0 Å². The minimum absolute atomic E-state index is 0.0743. The van der Waals surface area contributed by atoms with Crippen molar-refractivity contribution in [1.29, 1.82) is 0 Å². The highest BCUT2D eigenvalue weighted by Gasteiger charge is 2.21. The minimum atomic E-state index is -0.379. The molecule has 20 heavy (non-hydrogen) atoms. The maximum Gasteiger partial charge on any atom is 0.278 e. The normalized spacial score (nSPS) is 18.9. The van der Waals surface area contributed by atoms with Gasteiger partial charge in [-0.2, -0.15) is 0 Å². The lowest BCUT2D eigenvalue weighted by atomic mass is 10.1. The van der Waals surface area contributed by atoms with Crippen LogP contribution in [0, 0.1) is 10.1 Å². The van der Waals surface area contributed by atoms with Gasteiger partial charge in [-0.05, 0) is 6.07 Å². The van der Waals surface area contributed by atoms with Crippen LogP contribution in [-0.4, -0.2) is 29.7 Å². The van der Waals surface area contributed by atoms with Crippen molar-refractivity contribution in [2.24, 2.45) is 0 Å². The minimum Gasteiger partial charge on any atom is -0.378 e. The van der Waals surface area contributed by atoms with Crippen LogP contribution in [0.4, 0.5) is 5.69 Å². The average Bonchev–Trinajstić information content (AvgIpc) is 2.98. The number of ether oxygens (including phenoxy) is 1. The highest BCUT2D eigenvalue weighted by Crippen LogP contribution is 2.32. The Labute approximate surface area is 119 Å². The summed E-state index contributed by atoms with van der Waals surface area (Å²) in [4.78, 5) is 15.2. The number of aromatic nitrogens is 1. The second kappa shape index (κ2) is 5.66. The summed E-state index contributed by atoms with van der Waals surface area (Å²) in [6, 6.07) is 6.73. The van der Waals surface area contributed by atoms with Crippen molar-refractivity contribution < 1.29 is 9.66 Å². The Morgan fingerprint density at radius 3 is 3.05 bits per heavy atom. The van der Waals surface area contributed by atoms with Crippen LogP contribution in [0.15, 0.2) is 29.6 Å². The third kappa shape index (κ3) is 2.55. The molecule has 0 aliphatic carbocycles. The van der Waals surface area contributed by atoms with E-state index in [1.165, 1.54) is 17.4 Å². The molecule has 0 amide bonds. The van der Waals surface area contributed by atoms with Crippen LogP contribution >= 0.6 is 11.3 Å². The first kappa shape index (κ1) is 13.2. The van der Waals surface area contributed by atoms with E-state index in [9.17, 15) is 10.1 Å². The van der Waals surface area contributed by atoms with E-state index in [4.69, 9.17) is 4.74 Å². The molecule has 1 atom stereocenters. The summed E-state index contributed by atoms with van der Waals surface area (Å²) in [5, 5.41) is 17.1. The summed E-state index contributed by atoms with van der Waals surface area (Å²) in [6.45, 7) is 2.09. The lowest BCUT2D eigenvalue weighted by Crippen LogP contribution is -2.34. The van der Waals surface area contributed by atoms with Crippen molar-refractivity contribution >= 4 is 17.0 Å². The van der Waals surface area contributed by atoms with Crippen LogP contribution < -0.4 is 5.32 Å². The zero-order chi connectivity index (χ0) is 13.9. The Morgan fingerprint density at radius 2 is 2.30 bits per heavy atom. The van der Waals surface area contributed by atoms with E-state index in [1.807, 2.05) is 5.38 Å². The van der Waals surface area contributed by atoms with Gasteiger partial charge in [0.25, 0.3) is 5.69 Å². The number of morpholine rings is 1. The van der Waals surface area contributed by atoms with Gasteiger partial charge in [-0.25, -0.2) is 4.98 Å². The molecule has 0 bridgehead atoms. The Bertz CT molecular complexity index is 623. The third-order valence-electron chi connectivity index (χ3n) is 3.12. The van der Waals surface area contributed by atoms with Gasteiger partial charge in [-0.3, -0.25) is 10.1 Å². The zero-order valence-electron chi connectivity index (χ0n) is 10.6. The van der Waals surface area contributed by atoms with Gasteiger partial charge in [0.05, 0.1) is 35.4 Å². The number of thiazole rings is 1. The van der Waals surface area contributed by atoms with Gasteiger partial charge in [-0.1, -0.05) is 12.1 Å². The molecule has 0 saturated carbocycles. The van der Waals surface area contributed by atoms with Gasteiger partial charge < -0.3 is 10.1 Å². The SMILES string of the molecule is O=[N+]([O-])c1ccccc1-c1csc(C2COCCN2)n1. The molecule has 2 aromatic rings. The number of hydrogen-bond acceptors (Lipinski definition) is 6. The number of benzene rings is 1. The van der Waals surface area contributed by atoms with E-state index < -0.39 is 0 Å². The number of hydrogen-bond donors (Lipinski definition) is 1. The molecule has 3 rings (SSSR count). The van der Waals surface area contributed by atoms with Crippen LogP contribution in [0.25, 0.3) is 11.3 Å². The fourth-order valence-corrected chi connectivity index (χ4v) is 3.02. The summed E-state index contributed by atoms with van der Waals surface area (Å²) < 4.78 is 5.41. The summed E-state index contributed by atoms with van der Waals surface area (Å²) in [5.74, 6) is 0. The van der Waals surface area contributed by atoms with E-state index >= 15 is 0 Å². The maximum atomic E-state index is 11.1. The highest BCUT2D eigenvalue weighted by molar-refractivity contribution is 7.10. The Balaban J connectivity index is 1.92. The topological polar surface area (TPSA) is 77.3 Å². The van der Waals surface area contributed by atoms with Crippen LogP contribution in [0.3, 0.4) is 0 Å². The lowest BCUT2D eigenvalue weighted by molar-refractivity contribution is -0.384. The van der Waals surface area contributed by atoms with Gasteiger partial charge in [0.1, 0.15) is 5.01 Å². The Morgan fingerprint density at radius 1 is 1.45 bits per heavy atom. The van der Waals surface area contributed by atoms with Crippen molar-refractivity contribution in [2.75, 3.05) is 19.8 Å². The first-order chi connectivity index (χ1) is 9.75. The molecule has 1 fully saturated rings. The van der Waals surface area contributed by atoms with E-state index in [0.29, 0.717) is 24.5 Å². The molecule has 1 aromatic carbocycles. The van der Waals surface area contributed by atoms with E-state index in [-0.39, 0.29) is 16.7 Å². The summed E-state index contributed by atoms with van der Waals surface area (Å²) in [7, 11) is 0. The fourth-order valence-electron chi connectivity index (χ4n) is 2.14. The fraction of sp³-hybridized carbons (Fsp3) is 0.308. The number of para-hydroxylation sites is 1. The molecule has 1 unspecified atom stereocenters. The van der Waals surface area contributed by atoms with Gasteiger partial charge >= 0.3 is 0 Å². The summed E-state index contributed by atoms with van der Waals surface area (Å²) in [5.41, 5.74) is 1.28. The molecule has 2 heterocycles. The van der Waals surface area contributed by atoms with Crippen LogP contribution in [-0.2, 0) is 4.74 Å². The highest BCUT2D eigenvalue weighted by atomic mass is 32.1. The first-order valence-electron chi connectivity index (χ1n) is 6.26. The smallest absolute Gasteiger partial charge is 0.278 e. The molecule has 1 aliphatic rings. The van der Waals surface area contributed by atoms with Crippen LogP contribution in [0.5, 0.6) is 0 Å². The lowest BCUT2D eigenvalue weighted by Gasteiger charge is -2.21. The predicted octanol–water partition coefficient (Wildman–Crippen LogP) is 2.38. The molecule has 104 valence electrons. The molecule has 1 N–H and O–H groups in total. The summed E-state index contributed by atoms with van der Waals surface area (Å²) >= 11 is 1.50.